The van der Waals surface area contributed by atoms with Gasteiger partial charge in [-0.1, -0.05) is 18.2 Å². The second-order valence-electron chi connectivity index (χ2n) is 2.72. The molecular weight excluding hydrogens is 138 g/mol. The van der Waals surface area contributed by atoms with Crippen molar-refractivity contribution in [3.05, 3.63) is 30.3 Å². The van der Waals surface area contributed by atoms with Crippen LogP contribution in [-0.4, -0.2) is 11.9 Å². The number of carbonyl (C=O) groups excluding carboxylic acids is 1. The standard InChI is InChI=1S/C9H9NO/c1-7-9(11)10(7)8-5-3-2-4-6-8/h2-7H,1H3/t7-,10?/m1/s1. The van der Waals surface area contributed by atoms with E-state index in [0.717, 1.165) is 5.69 Å². The molecule has 0 spiro atoms. The summed E-state index contributed by atoms with van der Waals surface area (Å²) in [6.07, 6.45) is 0. The van der Waals surface area contributed by atoms with Crippen molar-refractivity contribution in [1.82, 2.24) is 0 Å². The monoisotopic (exact) mass is 147 g/mol. The zero-order valence-electron chi connectivity index (χ0n) is 6.32. The Kier molecular flexibility index (Phi) is 1.22. The number of benzene rings is 1. The van der Waals surface area contributed by atoms with Crippen molar-refractivity contribution < 1.29 is 4.79 Å². The van der Waals surface area contributed by atoms with Crippen molar-refractivity contribution in [2.24, 2.45) is 0 Å². The maximum atomic E-state index is 10.9. The number of hydrogen-bond acceptors (Lipinski definition) is 1. The van der Waals surface area contributed by atoms with Crippen LogP contribution in [0.15, 0.2) is 30.3 Å². The Bertz CT molecular complexity index is 281. The van der Waals surface area contributed by atoms with Crippen molar-refractivity contribution in [2.45, 2.75) is 13.0 Å². The van der Waals surface area contributed by atoms with E-state index in [9.17, 15) is 4.79 Å². The summed E-state index contributed by atoms with van der Waals surface area (Å²) in [5.41, 5.74) is 1.00. The van der Waals surface area contributed by atoms with E-state index in [4.69, 9.17) is 0 Å². The first-order valence-electron chi connectivity index (χ1n) is 3.69. The molecule has 1 aromatic carbocycles. The average Bonchev–Trinajstić information content (AvgIpc) is 2.62. The molecule has 1 heterocycles. The second kappa shape index (κ2) is 2.09. The Morgan fingerprint density at radius 1 is 1.27 bits per heavy atom. The molecule has 1 aliphatic rings. The van der Waals surface area contributed by atoms with Crippen LogP contribution in [0.1, 0.15) is 6.92 Å². The summed E-state index contributed by atoms with van der Waals surface area (Å²) in [6, 6.07) is 9.81. The fraction of sp³-hybridized carbons (Fsp3) is 0.222. The minimum absolute atomic E-state index is 0.0948. The molecule has 0 aromatic heterocycles. The third-order valence-electron chi connectivity index (χ3n) is 1.95. The van der Waals surface area contributed by atoms with Gasteiger partial charge in [0, 0.05) is 5.69 Å². The van der Waals surface area contributed by atoms with E-state index in [1.165, 1.54) is 0 Å². The molecule has 1 aliphatic heterocycles. The van der Waals surface area contributed by atoms with Crippen LogP contribution in [0.4, 0.5) is 5.69 Å². The van der Waals surface area contributed by atoms with E-state index in [0.29, 0.717) is 0 Å². The minimum atomic E-state index is 0.0948. The highest BCUT2D eigenvalue weighted by atomic mass is 16.2. The number of hydrogen-bond donors (Lipinski definition) is 0. The lowest BCUT2D eigenvalue weighted by Gasteiger charge is -1.98. The van der Waals surface area contributed by atoms with Gasteiger partial charge in [-0.3, -0.25) is 9.69 Å². The van der Waals surface area contributed by atoms with Crippen LogP contribution in [0.3, 0.4) is 0 Å². The van der Waals surface area contributed by atoms with Gasteiger partial charge in [0.05, 0.1) is 0 Å². The highest BCUT2D eigenvalue weighted by Crippen LogP contribution is 2.27. The maximum Gasteiger partial charge on any atom is 0.250 e. The minimum Gasteiger partial charge on any atom is -0.298 e. The van der Waals surface area contributed by atoms with E-state index in [-0.39, 0.29) is 11.9 Å². The van der Waals surface area contributed by atoms with Gasteiger partial charge in [0.1, 0.15) is 6.04 Å². The van der Waals surface area contributed by atoms with Gasteiger partial charge in [-0.05, 0) is 19.1 Å². The lowest BCUT2D eigenvalue weighted by atomic mass is 10.3. The quantitative estimate of drug-likeness (QED) is 0.550. The zero-order chi connectivity index (χ0) is 7.84. The van der Waals surface area contributed by atoms with E-state index in [1.807, 2.05) is 37.3 Å². The van der Waals surface area contributed by atoms with Gasteiger partial charge < -0.3 is 0 Å². The van der Waals surface area contributed by atoms with Crippen LogP contribution >= 0.6 is 0 Å². The summed E-state index contributed by atoms with van der Waals surface area (Å²) in [5, 5.41) is 0. The highest BCUT2D eigenvalue weighted by Gasteiger charge is 2.42. The Balaban J connectivity index is 2.27. The lowest BCUT2D eigenvalue weighted by Crippen LogP contribution is -1.94. The molecule has 2 nitrogen and oxygen atoms in total. The van der Waals surface area contributed by atoms with E-state index >= 15 is 0 Å². The molecule has 1 atom stereocenters. The number of para-hydroxylation sites is 1. The molecule has 56 valence electrons. The third kappa shape index (κ3) is 0.909. The van der Waals surface area contributed by atoms with E-state index in [1.54, 1.807) is 4.90 Å². The molecule has 1 aromatic rings. The fourth-order valence-corrected chi connectivity index (χ4v) is 1.21. The molecule has 0 N–H and O–H groups in total. The van der Waals surface area contributed by atoms with Gasteiger partial charge in [-0.2, -0.15) is 0 Å². The van der Waals surface area contributed by atoms with Crippen LogP contribution < -0.4 is 4.90 Å². The predicted molar refractivity (Wildman–Crippen MR) is 43.4 cm³/mol. The summed E-state index contributed by atoms with van der Waals surface area (Å²) in [4.78, 5) is 12.7. The number of carbonyl (C=O) groups is 1. The highest BCUT2D eigenvalue weighted by molar-refractivity contribution is 6.15. The van der Waals surface area contributed by atoms with Gasteiger partial charge in [-0.25, -0.2) is 0 Å². The van der Waals surface area contributed by atoms with Crippen LogP contribution in [0.2, 0.25) is 0 Å². The molecule has 0 bridgehead atoms. The number of anilines is 1. The van der Waals surface area contributed by atoms with Crippen LogP contribution in [0.25, 0.3) is 0 Å². The SMILES string of the molecule is C[C@@H]1C(=O)N1c1ccccc1. The molecule has 1 amide bonds. The van der Waals surface area contributed by atoms with E-state index < -0.39 is 0 Å². The summed E-state index contributed by atoms with van der Waals surface area (Å²) in [5.74, 6) is 0.219. The summed E-state index contributed by atoms with van der Waals surface area (Å²) >= 11 is 0. The molecule has 0 unspecified atom stereocenters. The van der Waals surface area contributed by atoms with Crippen LogP contribution in [0, 0.1) is 0 Å². The molecule has 1 saturated heterocycles. The second-order valence-corrected chi connectivity index (χ2v) is 2.72. The van der Waals surface area contributed by atoms with Crippen molar-refractivity contribution in [3.63, 3.8) is 0 Å². The topological polar surface area (TPSA) is 20.1 Å². The molecule has 0 radical (unpaired) electrons. The van der Waals surface area contributed by atoms with E-state index in [2.05, 4.69) is 0 Å². The molecule has 2 heteroatoms. The van der Waals surface area contributed by atoms with Crippen LogP contribution in [-0.2, 0) is 4.79 Å². The Labute approximate surface area is 65.4 Å². The summed E-state index contributed by atoms with van der Waals surface area (Å²) in [7, 11) is 0. The van der Waals surface area contributed by atoms with Gasteiger partial charge in [0.25, 0.3) is 5.91 Å². The molecule has 1 fully saturated rings. The summed E-state index contributed by atoms with van der Waals surface area (Å²) in [6.45, 7) is 1.91. The molecule has 0 aliphatic carbocycles. The first-order valence-corrected chi connectivity index (χ1v) is 3.69. The molecule has 11 heavy (non-hydrogen) atoms. The van der Waals surface area contributed by atoms with Crippen molar-refractivity contribution >= 4 is 11.6 Å². The molecule has 2 rings (SSSR count). The molecular formula is C9H9NO. The number of nitrogens with zero attached hydrogens (tertiary/aromatic N) is 1. The van der Waals surface area contributed by atoms with Crippen molar-refractivity contribution in [1.29, 1.82) is 0 Å². The van der Waals surface area contributed by atoms with Crippen LogP contribution in [0.5, 0.6) is 0 Å². The number of rotatable bonds is 1. The Morgan fingerprint density at radius 2 is 1.82 bits per heavy atom. The predicted octanol–water partition coefficient (Wildman–Crippen LogP) is 1.42. The van der Waals surface area contributed by atoms with Gasteiger partial charge in [0.2, 0.25) is 0 Å². The van der Waals surface area contributed by atoms with Gasteiger partial charge in [0.15, 0.2) is 0 Å². The van der Waals surface area contributed by atoms with Crippen molar-refractivity contribution in [2.75, 3.05) is 4.90 Å². The van der Waals surface area contributed by atoms with Gasteiger partial charge >= 0.3 is 0 Å². The smallest absolute Gasteiger partial charge is 0.250 e. The average molecular weight is 147 g/mol. The Morgan fingerprint density at radius 3 is 2.27 bits per heavy atom. The first-order chi connectivity index (χ1) is 5.30. The molecule has 0 saturated carbocycles. The lowest BCUT2D eigenvalue weighted by molar-refractivity contribution is -0.110. The Hall–Kier alpha value is -1.31. The normalized spacial score (nSPS) is 22.1. The maximum absolute atomic E-state index is 10.9. The third-order valence-corrected chi connectivity index (χ3v) is 1.95. The zero-order valence-corrected chi connectivity index (χ0v) is 6.32. The first kappa shape index (κ1) is 6.40. The van der Waals surface area contributed by atoms with Gasteiger partial charge in [-0.15, -0.1) is 0 Å². The number of amides is 1. The largest absolute Gasteiger partial charge is 0.298 e. The fourth-order valence-electron chi connectivity index (χ4n) is 1.21. The summed E-state index contributed by atoms with van der Waals surface area (Å²) < 4.78 is 0. The van der Waals surface area contributed by atoms with Crippen molar-refractivity contribution in [3.8, 4) is 0 Å².